The molecule has 160 valence electrons. The number of benzene rings is 4. The lowest BCUT2D eigenvalue weighted by molar-refractivity contribution is -0.132. The van der Waals surface area contributed by atoms with E-state index in [0.29, 0.717) is 6.54 Å². The van der Waals surface area contributed by atoms with Crippen LogP contribution in [0.5, 0.6) is 0 Å². The third-order valence-corrected chi connectivity index (χ3v) is 6.25. The minimum atomic E-state index is -1.08. The van der Waals surface area contributed by atoms with Crippen LogP contribution >= 0.6 is 0 Å². The summed E-state index contributed by atoms with van der Waals surface area (Å²) in [5.41, 5.74) is 0.843. The summed E-state index contributed by atoms with van der Waals surface area (Å²) in [6, 6.07) is 28.1. The molecule has 0 unspecified atom stereocenters. The molecule has 3 amide bonds. The molecule has 4 aromatic carbocycles. The summed E-state index contributed by atoms with van der Waals surface area (Å²) in [4.78, 5) is 29.4. The number of imide groups is 1. The molecule has 0 aromatic heterocycles. The van der Waals surface area contributed by atoms with E-state index in [1.165, 1.54) is 15.7 Å². The van der Waals surface area contributed by atoms with E-state index in [4.69, 9.17) is 0 Å². The van der Waals surface area contributed by atoms with E-state index in [0.717, 1.165) is 21.9 Å². The minimum Gasteiger partial charge on any atom is -0.319 e. The molecule has 1 aliphatic heterocycles. The molecule has 5 heteroatoms. The molecule has 0 aliphatic carbocycles. The molecular weight excluding hydrogens is 398 g/mol. The number of amides is 3. The van der Waals surface area contributed by atoms with E-state index >= 15 is 0 Å². The molecule has 1 saturated heterocycles. The highest BCUT2D eigenvalue weighted by atomic mass is 16.2. The van der Waals surface area contributed by atoms with Crippen molar-refractivity contribution < 1.29 is 9.59 Å². The molecule has 0 bridgehead atoms. The van der Waals surface area contributed by atoms with Crippen molar-refractivity contribution in [3.63, 3.8) is 0 Å². The summed E-state index contributed by atoms with van der Waals surface area (Å²) in [6.45, 7) is 2.63. The second-order valence-electron chi connectivity index (χ2n) is 8.69. The topological polar surface area (TPSA) is 52.6 Å². The van der Waals surface area contributed by atoms with Crippen molar-refractivity contribution >= 4 is 33.5 Å². The number of fused-ring (bicyclic) bond motifs is 2. The smallest absolute Gasteiger partial charge is 0.319 e. The van der Waals surface area contributed by atoms with Gasteiger partial charge in [0.1, 0.15) is 5.54 Å². The predicted molar refractivity (Wildman–Crippen MR) is 127 cm³/mol. The summed E-state index contributed by atoms with van der Waals surface area (Å²) in [6.07, 6.45) is 0. The second kappa shape index (κ2) is 7.77. The van der Waals surface area contributed by atoms with Crippen LogP contribution in [0.4, 0.5) is 4.79 Å². The van der Waals surface area contributed by atoms with Crippen LogP contribution in [0.15, 0.2) is 84.9 Å². The Morgan fingerprint density at radius 3 is 2.09 bits per heavy atom. The summed E-state index contributed by atoms with van der Waals surface area (Å²) in [7, 11) is 1.92. The summed E-state index contributed by atoms with van der Waals surface area (Å²) >= 11 is 0. The highest BCUT2D eigenvalue weighted by Crippen LogP contribution is 2.31. The van der Waals surface area contributed by atoms with Gasteiger partial charge in [-0.1, -0.05) is 72.8 Å². The van der Waals surface area contributed by atoms with Gasteiger partial charge in [-0.3, -0.25) is 9.69 Å². The number of hydrogen-bond acceptors (Lipinski definition) is 3. The lowest BCUT2D eigenvalue weighted by Gasteiger charge is -2.25. The van der Waals surface area contributed by atoms with Gasteiger partial charge in [0.25, 0.3) is 5.91 Å². The summed E-state index contributed by atoms with van der Waals surface area (Å²) in [5.74, 6) is -0.233. The van der Waals surface area contributed by atoms with Crippen LogP contribution in [0.25, 0.3) is 21.5 Å². The quantitative estimate of drug-likeness (QED) is 0.467. The maximum atomic E-state index is 13.4. The fourth-order valence-electron chi connectivity index (χ4n) is 4.46. The molecule has 1 heterocycles. The zero-order valence-electron chi connectivity index (χ0n) is 18.2. The van der Waals surface area contributed by atoms with E-state index in [9.17, 15) is 9.59 Å². The van der Waals surface area contributed by atoms with E-state index in [-0.39, 0.29) is 18.6 Å². The average Bonchev–Trinajstić information content (AvgIpc) is 3.02. The van der Waals surface area contributed by atoms with Gasteiger partial charge >= 0.3 is 6.03 Å². The van der Waals surface area contributed by atoms with Crippen LogP contribution in [0.3, 0.4) is 0 Å². The Morgan fingerprint density at radius 1 is 0.812 bits per heavy atom. The van der Waals surface area contributed by atoms with E-state index in [2.05, 4.69) is 35.6 Å². The fraction of sp³-hybridized carbons (Fsp3) is 0.185. The number of nitrogens with one attached hydrogen (secondary N) is 1. The van der Waals surface area contributed by atoms with Crippen molar-refractivity contribution in [2.45, 2.75) is 19.0 Å². The monoisotopic (exact) mass is 423 g/mol. The third-order valence-electron chi connectivity index (χ3n) is 6.25. The van der Waals surface area contributed by atoms with Crippen LogP contribution in [0.1, 0.15) is 18.1 Å². The first-order valence-corrected chi connectivity index (χ1v) is 10.7. The van der Waals surface area contributed by atoms with Gasteiger partial charge in [0.2, 0.25) is 0 Å². The second-order valence-corrected chi connectivity index (χ2v) is 8.69. The lowest BCUT2D eigenvalue weighted by atomic mass is 9.90. The third kappa shape index (κ3) is 3.51. The van der Waals surface area contributed by atoms with Gasteiger partial charge in [-0.05, 0) is 58.8 Å². The fourth-order valence-corrected chi connectivity index (χ4v) is 4.46. The number of rotatable bonds is 5. The molecule has 32 heavy (non-hydrogen) atoms. The van der Waals surface area contributed by atoms with Crippen LogP contribution in [-0.2, 0) is 16.9 Å². The van der Waals surface area contributed by atoms with Gasteiger partial charge in [0.15, 0.2) is 0 Å². The molecule has 4 aromatic rings. The standard InChI is InChI=1S/C27H25N3O2/c1-27(24-14-13-21-8-4-6-10-23(21)16-24)25(31)30(26(32)28-27)18-29(2)17-19-11-12-20-7-3-5-9-22(20)15-19/h3-16H,17-18H2,1-2H3,(H,28,32)/t27-/m0/s1. The molecule has 5 rings (SSSR count). The van der Waals surface area contributed by atoms with Crippen molar-refractivity contribution in [1.82, 2.24) is 15.1 Å². The summed E-state index contributed by atoms with van der Waals surface area (Å²) in [5, 5.41) is 7.43. The van der Waals surface area contributed by atoms with Crippen LogP contribution < -0.4 is 5.32 Å². The molecule has 0 saturated carbocycles. The Kier molecular flexibility index (Phi) is 4.91. The molecule has 1 N–H and O–H groups in total. The Morgan fingerprint density at radius 2 is 1.41 bits per heavy atom. The Hall–Kier alpha value is -3.70. The van der Waals surface area contributed by atoms with Crippen molar-refractivity contribution in [1.29, 1.82) is 0 Å². The molecule has 1 aliphatic rings. The first-order chi connectivity index (χ1) is 15.4. The van der Waals surface area contributed by atoms with Gasteiger partial charge in [0.05, 0.1) is 6.67 Å². The van der Waals surface area contributed by atoms with Gasteiger partial charge in [-0.15, -0.1) is 0 Å². The van der Waals surface area contributed by atoms with E-state index in [1.807, 2.05) is 66.5 Å². The number of urea groups is 1. The Labute approximate surface area is 187 Å². The lowest BCUT2D eigenvalue weighted by Crippen LogP contribution is -2.42. The zero-order chi connectivity index (χ0) is 22.3. The zero-order valence-corrected chi connectivity index (χ0v) is 18.2. The number of carbonyl (C=O) groups is 2. The molecule has 5 nitrogen and oxygen atoms in total. The maximum absolute atomic E-state index is 13.4. The van der Waals surface area contributed by atoms with Crippen molar-refractivity contribution in [2.24, 2.45) is 0 Å². The molecular formula is C27H25N3O2. The van der Waals surface area contributed by atoms with Crippen LogP contribution in [0.2, 0.25) is 0 Å². The van der Waals surface area contributed by atoms with E-state index in [1.54, 1.807) is 6.92 Å². The first kappa shape index (κ1) is 20.2. The van der Waals surface area contributed by atoms with Crippen LogP contribution in [0, 0.1) is 0 Å². The largest absolute Gasteiger partial charge is 0.326 e. The summed E-state index contributed by atoms with van der Waals surface area (Å²) < 4.78 is 0. The molecule has 1 fully saturated rings. The molecule has 1 atom stereocenters. The number of hydrogen-bond donors (Lipinski definition) is 1. The maximum Gasteiger partial charge on any atom is 0.326 e. The van der Waals surface area contributed by atoms with Crippen molar-refractivity contribution in [2.75, 3.05) is 13.7 Å². The van der Waals surface area contributed by atoms with Gasteiger partial charge < -0.3 is 5.32 Å². The molecule has 0 spiro atoms. The minimum absolute atomic E-state index is 0.223. The Balaban J connectivity index is 1.34. The predicted octanol–water partition coefficient (Wildman–Crippen LogP) is 4.85. The van der Waals surface area contributed by atoms with E-state index < -0.39 is 5.54 Å². The van der Waals surface area contributed by atoms with Crippen molar-refractivity contribution in [3.8, 4) is 0 Å². The highest BCUT2D eigenvalue weighted by Gasteiger charge is 2.49. The normalized spacial score (nSPS) is 18.7. The molecule has 0 radical (unpaired) electrons. The highest BCUT2D eigenvalue weighted by molar-refractivity contribution is 6.07. The van der Waals surface area contributed by atoms with Crippen LogP contribution in [-0.4, -0.2) is 35.5 Å². The average molecular weight is 424 g/mol. The van der Waals surface area contributed by atoms with Gasteiger partial charge in [-0.2, -0.15) is 0 Å². The van der Waals surface area contributed by atoms with Crippen molar-refractivity contribution in [3.05, 3.63) is 96.1 Å². The Bertz CT molecular complexity index is 1350. The number of carbonyl (C=O) groups excluding carboxylic acids is 2. The van der Waals surface area contributed by atoms with Gasteiger partial charge in [-0.25, -0.2) is 9.69 Å². The first-order valence-electron chi connectivity index (χ1n) is 10.7. The number of nitrogens with zero attached hydrogens (tertiary/aromatic N) is 2. The van der Waals surface area contributed by atoms with Gasteiger partial charge in [0, 0.05) is 6.54 Å². The SMILES string of the molecule is CN(Cc1ccc2ccccc2c1)CN1C(=O)N[C@@](C)(c2ccc3ccccc3c2)C1=O.